The largest absolute Gasteiger partial charge is 0.480 e. The first-order valence-corrected chi connectivity index (χ1v) is 8.09. The van der Waals surface area contributed by atoms with Gasteiger partial charge in [0, 0.05) is 15.7 Å². The smallest absolute Gasteiger partial charge is 0.266 e. The molecule has 1 unspecified atom stereocenters. The third-order valence-electron chi connectivity index (χ3n) is 3.61. The van der Waals surface area contributed by atoms with Crippen LogP contribution in [0.15, 0.2) is 30.3 Å². The first-order chi connectivity index (χ1) is 11.8. The number of fused-ring (bicyclic) bond motifs is 1. The summed E-state index contributed by atoms with van der Waals surface area (Å²) >= 11 is 11.9. The van der Waals surface area contributed by atoms with Crippen molar-refractivity contribution < 1.29 is 14.3 Å². The second-order valence-electron chi connectivity index (χ2n) is 5.43. The highest BCUT2D eigenvalue weighted by atomic mass is 35.5. The van der Waals surface area contributed by atoms with Crippen molar-refractivity contribution in [3.05, 3.63) is 40.4 Å². The molecule has 3 N–H and O–H groups in total. The molecule has 2 aromatic rings. The second-order valence-corrected chi connectivity index (χ2v) is 6.31. The van der Waals surface area contributed by atoms with Gasteiger partial charge >= 0.3 is 0 Å². The molecule has 0 bridgehead atoms. The normalized spacial score (nSPS) is 14.5. The van der Waals surface area contributed by atoms with Crippen molar-refractivity contribution in [2.45, 2.75) is 13.0 Å². The SMILES string of the molecule is CC(C(=O)Nc1cc(Cl)cc(Cl)c1)N1C(=O)COc2ccc(N)nc21. The van der Waals surface area contributed by atoms with E-state index in [4.69, 9.17) is 33.7 Å². The standard InChI is InChI=1S/C16H14Cl2N4O3/c1-8(16(24)20-11-5-9(17)4-10(18)6-11)22-14(23)7-25-12-2-3-13(19)21-15(12)22/h2-6,8H,7H2,1H3,(H2,19,21)(H,20,24). The van der Waals surface area contributed by atoms with E-state index in [1.165, 1.54) is 4.90 Å². The van der Waals surface area contributed by atoms with E-state index in [1.807, 2.05) is 0 Å². The van der Waals surface area contributed by atoms with Crippen molar-refractivity contribution in [1.29, 1.82) is 0 Å². The van der Waals surface area contributed by atoms with Gasteiger partial charge in [0.15, 0.2) is 18.2 Å². The van der Waals surface area contributed by atoms with Crippen LogP contribution in [0.1, 0.15) is 6.92 Å². The van der Waals surface area contributed by atoms with E-state index >= 15 is 0 Å². The Balaban J connectivity index is 1.87. The van der Waals surface area contributed by atoms with Gasteiger partial charge in [-0.25, -0.2) is 4.98 Å². The number of carbonyl (C=O) groups is 2. The van der Waals surface area contributed by atoms with Crippen LogP contribution in [0.25, 0.3) is 0 Å². The molecule has 1 atom stereocenters. The van der Waals surface area contributed by atoms with Gasteiger partial charge in [-0.05, 0) is 37.3 Å². The minimum Gasteiger partial charge on any atom is -0.480 e. The van der Waals surface area contributed by atoms with E-state index < -0.39 is 17.9 Å². The van der Waals surface area contributed by atoms with E-state index in [2.05, 4.69) is 10.3 Å². The maximum atomic E-state index is 12.6. The number of carbonyl (C=O) groups excluding carboxylic acids is 2. The van der Waals surface area contributed by atoms with Crippen LogP contribution in [0.3, 0.4) is 0 Å². The molecule has 1 aromatic carbocycles. The van der Waals surface area contributed by atoms with Crippen LogP contribution in [0.2, 0.25) is 10.0 Å². The Hall–Kier alpha value is -2.51. The average Bonchev–Trinajstić information content (AvgIpc) is 2.53. The summed E-state index contributed by atoms with van der Waals surface area (Å²) in [5.41, 5.74) is 6.11. The average molecular weight is 381 g/mol. The molecule has 0 aliphatic carbocycles. The zero-order chi connectivity index (χ0) is 18.1. The molecule has 0 saturated carbocycles. The van der Waals surface area contributed by atoms with Crippen molar-refractivity contribution in [3.8, 4) is 5.75 Å². The number of nitrogen functional groups attached to an aromatic ring is 1. The predicted octanol–water partition coefficient (Wildman–Crippen LogP) is 2.72. The van der Waals surface area contributed by atoms with Gasteiger partial charge in [-0.2, -0.15) is 0 Å². The fraction of sp³-hybridized carbons (Fsp3) is 0.188. The van der Waals surface area contributed by atoms with Gasteiger partial charge in [0.25, 0.3) is 5.91 Å². The Morgan fingerprint density at radius 3 is 2.68 bits per heavy atom. The molecule has 9 heteroatoms. The molecule has 1 aliphatic rings. The summed E-state index contributed by atoms with van der Waals surface area (Å²) in [7, 11) is 0. The summed E-state index contributed by atoms with van der Waals surface area (Å²) in [5.74, 6) is -0.000285. The number of amides is 2. The van der Waals surface area contributed by atoms with Gasteiger partial charge in [-0.15, -0.1) is 0 Å². The van der Waals surface area contributed by atoms with E-state index in [0.717, 1.165) is 0 Å². The van der Waals surface area contributed by atoms with Gasteiger partial charge in [-0.3, -0.25) is 14.5 Å². The van der Waals surface area contributed by atoms with Crippen LogP contribution in [0.4, 0.5) is 17.3 Å². The summed E-state index contributed by atoms with van der Waals surface area (Å²) in [6.45, 7) is 1.40. The Morgan fingerprint density at radius 2 is 2.00 bits per heavy atom. The number of anilines is 3. The Labute approximate surface area is 153 Å². The lowest BCUT2D eigenvalue weighted by molar-refractivity contribution is -0.125. The third kappa shape index (κ3) is 3.62. The molecular formula is C16H14Cl2N4O3. The minimum absolute atomic E-state index is 0.181. The van der Waals surface area contributed by atoms with Gasteiger partial charge < -0.3 is 15.8 Å². The molecule has 2 heterocycles. The highest BCUT2D eigenvalue weighted by Crippen LogP contribution is 2.32. The van der Waals surface area contributed by atoms with Crippen LogP contribution in [-0.2, 0) is 9.59 Å². The van der Waals surface area contributed by atoms with Crippen molar-refractivity contribution in [2.75, 3.05) is 22.6 Å². The zero-order valence-electron chi connectivity index (χ0n) is 13.1. The quantitative estimate of drug-likeness (QED) is 0.852. The second kappa shape index (κ2) is 6.78. The number of nitrogens with one attached hydrogen (secondary N) is 1. The van der Waals surface area contributed by atoms with E-state index in [-0.39, 0.29) is 18.2 Å². The lowest BCUT2D eigenvalue weighted by Crippen LogP contribution is -2.50. The summed E-state index contributed by atoms with van der Waals surface area (Å²) in [5, 5.41) is 3.46. The number of hydrogen-bond donors (Lipinski definition) is 2. The molecule has 7 nitrogen and oxygen atoms in total. The van der Waals surface area contributed by atoms with Gasteiger partial charge in [0.05, 0.1) is 0 Å². The Kier molecular flexibility index (Phi) is 4.69. The number of hydrogen-bond acceptors (Lipinski definition) is 5. The lowest BCUT2D eigenvalue weighted by Gasteiger charge is -2.32. The molecule has 1 aliphatic heterocycles. The summed E-state index contributed by atoms with van der Waals surface area (Å²) in [4.78, 5) is 30.2. The number of rotatable bonds is 3. The van der Waals surface area contributed by atoms with Crippen molar-refractivity contribution >= 4 is 52.3 Å². The maximum absolute atomic E-state index is 12.6. The van der Waals surface area contributed by atoms with Crippen molar-refractivity contribution in [3.63, 3.8) is 0 Å². The Bertz CT molecular complexity index is 839. The number of aromatic nitrogens is 1. The van der Waals surface area contributed by atoms with Gasteiger partial charge in [0.2, 0.25) is 5.91 Å². The molecule has 0 saturated heterocycles. The number of nitrogens with two attached hydrogens (primary N) is 1. The summed E-state index contributed by atoms with van der Waals surface area (Å²) in [6.07, 6.45) is 0. The minimum atomic E-state index is -0.845. The molecule has 130 valence electrons. The number of ether oxygens (including phenoxy) is 1. The van der Waals surface area contributed by atoms with E-state index in [1.54, 1.807) is 37.3 Å². The monoisotopic (exact) mass is 380 g/mol. The molecule has 1 aromatic heterocycles. The van der Waals surface area contributed by atoms with E-state index in [9.17, 15) is 9.59 Å². The maximum Gasteiger partial charge on any atom is 0.266 e. The molecule has 0 fully saturated rings. The third-order valence-corrected chi connectivity index (χ3v) is 4.04. The fourth-order valence-electron chi connectivity index (χ4n) is 2.45. The van der Waals surface area contributed by atoms with Crippen molar-refractivity contribution in [2.24, 2.45) is 0 Å². The predicted molar refractivity (Wildman–Crippen MR) is 96.2 cm³/mol. The first-order valence-electron chi connectivity index (χ1n) is 7.33. The van der Waals surface area contributed by atoms with Crippen LogP contribution in [-0.4, -0.2) is 29.4 Å². The number of benzene rings is 1. The number of pyridine rings is 1. The molecule has 0 spiro atoms. The highest BCUT2D eigenvalue weighted by molar-refractivity contribution is 6.35. The van der Waals surface area contributed by atoms with Crippen LogP contribution in [0, 0.1) is 0 Å². The lowest BCUT2D eigenvalue weighted by atomic mass is 10.2. The van der Waals surface area contributed by atoms with Crippen molar-refractivity contribution in [1.82, 2.24) is 4.98 Å². The Morgan fingerprint density at radius 1 is 1.32 bits per heavy atom. The molecule has 3 rings (SSSR count). The van der Waals surface area contributed by atoms with Crippen LogP contribution < -0.4 is 20.7 Å². The van der Waals surface area contributed by atoms with Crippen LogP contribution in [0.5, 0.6) is 5.75 Å². The number of halogens is 2. The fourth-order valence-corrected chi connectivity index (χ4v) is 2.98. The molecule has 25 heavy (non-hydrogen) atoms. The molecule has 2 amide bonds. The first kappa shape index (κ1) is 17.3. The summed E-state index contributed by atoms with van der Waals surface area (Å²) < 4.78 is 5.32. The molecule has 0 radical (unpaired) electrons. The number of nitrogens with zero attached hydrogens (tertiary/aromatic N) is 2. The van der Waals surface area contributed by atoms with Crippen LogP contribution >= 0.6 is 23.2 Å². The topological polar surface area (TPSA) is 97.5 Å². The van der Waals surface area contributed by atoms with E-state index in [0.29, 0.717) is 21.5 Å². The highest BCUT2D eigenvalue weighted by Gasteiger charge is 2.34. The van der Waals surface area contributed by atoms with Gasteiger partial charge in [0.1, 0.15) is 11.9 Å². The zero-order valence-corrected chi connectivity index (χ0v) is 14.6. The molecular weight excluding hydrogens is 367 g/mol. The summed E-state index contributed by atoms with van der Waals surface area (Å²) in [6, 6.07) is 7.00. The van der Waals surface area contributed by atoms with Gasteiger partial charge in [-0.1, -0.05) is 23.2 Å².